The van der Waals surface area contributed by atoms with Crippen molar-refractivity contribution in [1.29, 1.82) is 5.41 Å². The van der Waals surface area contributed by atoms with Gasteiger partial charge in [0.15, 0.2) is 5.82 Å². The number of nitrogens with two attached hydrogens (primary N) is 1. The molecule has 2 aliphatic rings. The van der Waals surface area contributed by atoms with Gasteiger partial charge in [0.25, 0.3) is 0 Å². The maximum Gasteiger partial charge on any atom is 0.220 e. The number of rotatable bonds is 5. The molecule has 0 aromatic carbocycles. The van der Waals surface area contributed by atoms with Crippen LogP contribution < -0.4 is 16.5 Å². The highest BCUT2D eigenvalue weighted by Gasteiger charge is 2.25. The number of aliphatic imine (C=N–C) groups is 1. The van der Waals surface area contributed by atoms with Crippen LogP contribution in [0.5, 0.6) is 0 Å². The summed E-state index contributed by atoms with van der Waals surface area (Å²) in [6.45, 7) is 10.8. The Bertz CT molecular complexity index is 551. The second-order valence-electron chi connectivity index (χ2n) is 6.90. The molecule has 7 heteroatoms. The minimum Gasteiger partial charge on any atom is -0.402 e. The molecular weight excluding hydrogens is 304 g/mol. The molecule has 0 spiro atoms. The minimum absolute atomic E-state index is 0.437. The Kier molecular flexibility index (Phi) is 6.25. The first-order valence-corrected chi connectivity index (χ1v) is 8.60. The predicted molar refractivity (Wildman–Crippen MR) is 97.5 cm³/mol. The second kappa shape index (κ2) is 8.19. The van der Waals surface area contributed by atoms with E-state index in [9.17, 15) is 0 Å². The molecule has 0 saturated carbocycles. The summed E-state index contributed by atoms with van der Waals surface area (Å²) < 4.78 is 0. The average molecular weight is 334 g/mol. The largest absolute Gasteiger partial charge is 0.402 e. The zero-order valence-corrected chi connectivity index (χ0v) is 15.1. The standard InChI is InChI=1S/C17H30N6O/c1-11(2)10-20-14-5-7-23(8-6-14)16(19)15(9-12(3)18)17-21-13(4)24-22-17/h9,11,14,19-20,22H,5-8,10,18H2,1-4H3/b12-9-,17-15?,19-16?. The smallest absolute Gasteiger partial charge is 0.220 e. The van der Waals surface area contributed by atoms with Gasteiger partial charge in [-0.2, -0.15) is 4.99 Å². The van der Waals surface area contributed by atoms with Crippen LogP contribution in [-0.4, -0.2) is 42.3 Å². The quantitative estimate of drug-likeness (QED) is 0.453. The first-order chi connectivity index (χ1) is 11.4. The fourth-order valence-electron chi connectivity index (χ4n) is 2.80. The first kappa shape index (κ1) is 18.3. The van der Waals surface area contributed by atoms with Gasteiger partial charge in [0.05, 0.1) is 5.57 Å². The van der Waals surface area contributed by atoms with E-state index in [1.807, 2.05) is 6.92 Å². The van der Waals surface area contributed by atoms with Crippen LogP contribution in [0.3, 0.4) is 0 Å². The fraction of sp³-hybridized carbons (Fsp3) is 0.647. The average Bonchev–Trinajstić information content (AvgIpc) is 2.96. The summed E-state index contributed by atoms with van der Waals surface area (Å²) in [6, 6.07) is 0.535. The molecule has 0 aromatic rings. The highest BCUT2D eigenvalue weighted by molar-refractivity contribution is 5.99. The molecule has 0 unspecified atom stereocenters. The summed E-state index contributed by atoms with van der Waals surface area (Å²) in [7, 11) is 0. The van der Waals surface area contributed by atoms with Crippen molar-refractivity contribution in [1.82, 2.24) is 15.7 Å². The molecule has 0 radical (unpaired) electrons. The minimum atomic E-state index is 0.437. The van der Waals surface area contributed by atoms with Gasteiger partial charge in [-0.25, -0.2) is 5.48 Å². The molecule has 2 heterocycles. The van der Waals surface area contributed by atoms with Crippen molar-refractivity contribution in [3.63, 3.8) is 0 Å². The number of likely N-dealkylation sites (tertiary alicyclic amines) is 1. The molecule has 2 aliphatic heterocycles. The van der Waals surface area contributed by atoms with Gasteiger partial charge < -0.3 is 20.8 Å². The second-order valence-corrected chi connectivity index (χ2v) is 6.90. The van der Waals surface area contributed by atoms with Crippen LogP contribution in [0, 0.1) is 11.3 Å². The Balaban J connectivity index is 2.03. The van der Waals surface area contributed by atoms with E-state index in [1.54, 1.807) is 13.0 Å². The number of nitrogens with zero attached hydrogens (tertiary/aromatic N) is 2. The summed E-state index contributed by atoms with van der Waals surface area (Å²) in [5.41, 5.74) is 9.91. The van der Waals surface area contributed by atoms with Crippen molar-refractivity contribution < 1.29 is 4.84 Å². The molecule has 7 nitrogen and oxygen atoms in total. The van der Waals surface area contributed by atoms with Gasteiger partial charge in [0, 0.05) is 31.8 Å². The number of hydrogen-bond acceptors (Lipinski definition) is 6. The van der Waals surface area contributed by atoms with Gasteiger partial charge in [-0.15, -0.1) is 0 Å². The molecule has 1 fully saturated rings. The van der Waals surface area contributed by atoms with E-state index in [-0.39, 0.29) is 0 Å². The third-order valence-electron chi connectivity index (χ3n) is 4.07. The van der Waals surface area contributed by atoms with Crippen LogP contribution >= 0.6 is 0 Å². The molecule has 0 amide bonds. The maximum atomic E-state index is 8.58. The normalized spacial score (nSPS) is 21.5. The van der Waals surface area contributed by atoms with Gasteiger partial charge in [0.2, 0.25) is 5.90 Å². The van der Waals surface area contributed by atoms with E-state index in [0.29, 0.717) is 40.8 Å². The number of amidine groups is 1. The lowest BCUT2D eigenvalue weighted by Crippen LogP contribution is -2.46. The van der Waals surface area contributed by atoms with E-state index < -0.39 is 0 Å². The van der Waals surface area contributed by atoms with Crippen molar-refractivity contribution >= 4 is 11.7 Å². The molecule has 0 bridgehead atoms. The molecule has 1 saturated heterocycles. The van der Waals surface area contributed by atoms with Gasteiger partial charge in [0.1, 0.15) is 5.84 Å². The van der Waals surface area contributed by atoms with E-state index in [4.69, 9.17) is 16.0 Å². The van der Waals surface area contributed by atoms with E-state index in [2.05, 4.69) is 34.5 Å². The van der Waals surface area contributed by atoms with Crippen LogP contribution in [-0.2, 0) is 4.84 Å². The summed E-state index contributed by atoms with van der Waals surface area (Å²) in [6.07, 6.45) is 3.85. The van der Waals surface area contributed by atoms with Crippen LogP contribution in [0.2, 0.25) is 0 Å². The number of nitrogens with one attached hydrogen (secondary N) is 3. The van der Waals surface area contributed by atoms with Crippen molar-refractivity contribution in [2.45, 2.75) is 46.6 Å². The van der Waals surface area contributed by atoms with Crippen LogP contribution in [0.25, 0.3) is 0 Å². The van der Waals surface area contributed by atoms with Crippen molar-refractivity contribution in [2.24, 2.45) is 16.6 Å². The molecule has 0 aromatic heterocycles. The highest BCUT2D eigenvalue weighted by atomic mass is 16.7. The molecule has 134 valence electrons. The summed E-state index contributed by atoms with van der Waals surface area (Å²) >= 11 is 0. The molecule has 5 N–H and O–H groups in total. The lowest BCUT2D eigenvalue weighted by Gasteiger charge is -2.34. The fourth-order valence-corrected chi connectivity index (χ4v) is 2.80. The number of hydrogen-bond donors (Lipinski definition) is 4. The molecular formula is C17H30N6O. The predicted octanol–water partition coefficient (Wildman–Crippen LogP) is 1.70. The van der Waals surface area contributed by atoms with Crippen LogP contribution in [0.4, 0.5) is 0 Å². The number of hydroxylamine groups is 1. The lowest BCUT2D eigenvalue weighted by molar-refractivity contribution is 0.234. The first-order valence-electron chi connectivity index (χ1n) is 8.60. The summed E-state index contributed by atoms with van der Waals surface area (Å²) in [5.74, 6) is 2.17. The summed E-state index contributed by atoms with van der Waals surface area (Å²) in [4.78, 5) is 11.6. The monoisotopic (exact) mass is 334 g/mol. The SMILES string of the molecule is CC1=NC(=C(/C=C(/C)N)C(=N)N2CCC(NCC(C)C)CC2)NO1. The van der Waals surface area contributed by atoms with Gasteiger partial charge in [-0.05, 0) is 38.3 Å². The summed E-state index contributed by atoms with van der Waals surface area (Å²) in [5, 5.41) is 12.2. The zero-order chi connectivity index (χ0) is 17.7. The van der Waals surface area contributed by atoms with Gasteiger partial charge in [-0.3, -0.25) is 5.41 Å². The topological polar surface area (TPSA) is 98.8 Å². The van der Waals surface area contributed by atoms with Gasteiger partial charge >= 0.3 is 0 Å². The Morgan fingerprint density at radius 2 is 2.17 bits per heavy atom. The maximum absolute atomic E-state index is 8.58. The third kappa shape index (κ3) is 4.99. The van der Waals surface area contributed by atoms with Crippen LogP contribution in [0.15, 0.2) is 28.2 Å². The Morgan fingerprint density at radius 1 is 1.50 bits per heavy atom. The van der Waals surface area contributed by atoms with Crippen molar-refractivity contribution in [3.05, 3.63) is 23.2 Å². The highest BCUT2D eigenvalue weighted by Crippen LogP contribution is 2.19. The molecule has 2 rings (SSSR count). The third-order valence-corrected chi connectivity index (χ3v) is 4.07. The zero-order valence-electron chi connectivity index (χ0n) is 15.1. The molecule has 0 aliphatic carbocycles. The van der Waals surface area contributed by atoms with E-state index >= 15 is 0 Å². The van der Waals surface area contributed by atoms with E-state index in [0.717, 1.165) is 32.5 Å². The Hall–Kier alpha value is -2.02. The molecule has 0 atom stereocenters. The van der Waals surface area contributed by atoms with E-state index in [1.165, 1.54) is 0 Å². The van der Waals surface area contributed by atoms with Gasteiger partial charge in [-0.1, -0.05) is 13.8 Å². The van der Waals surface area contributed by atoms with Crippen molar-refractivity contribution in [2.75, 3.05) is 19.6 Å². The Labute approximate surface area is 144 Å². The number of piperidine rings is 1. The van der Waals surface area contributed by atoms with Crippen molar-refractivity contribution in [3.8, 4) is 0 Å². The number of allylic oxidation sites excluding steroid dienone is 1. The van der Waals surface area contributed by atoms with Crippen LogP contribution in [0.1, 0.15) is 40.5 Å². The molecule has 24 heavy (non-hydrogen) atoms. The lowest BCUT2D eigenvalue weighted by atomic mass is 10.0. The Morgan fingerprint density at radius 3 is 2.67 bits per heavy atom.